The number of halogens is 3. The van der Waals surface area contributed by atoms with Crippen molar-refractivity contribution in [3.05, 3.63) is 58.3 Å². The van der Waals surface area contributed by atoms with Crippen LogP contribution in [0, 0.1) is 5.82 Å². The van der Waals surface area contributed by atoms with E-state index < -0.39 is 0 Å². The number of carbonyl (C=O) groups is 1. The number of thiazole rings is 1. The summed E-state index contributed by atoms with van der Waals surface area (Å²) in [5.41, 5.74) is 1.53. The van der Waals surface area contributed by atoms with Gasteiger partial charge in [0.1, 0.15) is 17.9 Å². The van der Waals surface area contributed by atoms with Crippen molar-refractivity contribution in [3.63, 3.8) is 0 Å². The smallest absolute Gasteiger partial charge is 0.342 e. The van der Waals surface area contributed by atoms with Crippen LogP contribution in [0.1, 0.15) is 12.5 Å². The van der Waals surface area contributed by atoms with Gasteiger partial charge in [-0.2, -0.15) is 0 Å². The molecule has 7 heteroatoms. The third-order valence-corrected chi connectivity index (χ3v) is 4.94. The maximum absolute atomic E-state index is 14.2. The van der Waals surface area contributed by atoms with Gasteiger partial charge in [-0.3, -0.25) is 0 Å². The predicted octanol–water partition coefficient (Wildman–Crippen LogP) is 1.10. The minimum atomic E-state index is -0.279. The summed E-state index contributed by atoms with van der Waals surface area (Å²) >= 11 is 4.69. The Morgan fingerprint density at radius 3 is 2.74 bits per heavy atom. The van der Waals surface area contributed by atoms with Crippen molar-refractivity contribution in [3.8, 4) is 0 Å². The van der Waals surface area contributed by atoms with Crippen LogP contribution in [0.25, 0.3) is 10.2 Å². The summed E-state index contributed by atoms with van der Waals surface area (Å²) in [6, 6.07) is 13.0. The highest BCUT2D eigenvalue weighted by molar-refractivity contribution is 9.10. The number of anilines is 1. The van der Waals surface area contributed by atoms with E-state index in [4.69, 9.17) is 0 Å². The summed E-state index contributed by atoms with van der Waals surface area (Å²) in [4.78, 5) is 11.4. The van der Waals surface area contributed by atoms with Gasteiger partial charge in [-0.1, -0.05) is 24.3 Å². The molecule has 0 atom stereocenters. The average molecular weight is 416 g/mol. The Kier molecular flexibility index (Phi) is 5.73. The van der Waals surface area contributed by atoms with Gasteiger partial charge in [-0.25, -0.2) is 19.1 Å². The second-order valence-electron chi connectivity index (χ2n) is 4.86. The highest BCUT2D eigenvalue weighted by Gasteiger charge is 2.21. The number of para-hydroxylation sites is 1. The molecule has 23 heavy (non-hydrogen) atoms. The van der Waals surface area contributed by atoms with Gasteiger partial charge >= 0.3 is 11.0 Å². The molecule has 0 fully saturated rings. The Labute approximate surface area is 151 Å². The summed E-state index contributed by atoms with van der Waals surface area (Å²) < 4.78 is 17.6. The number of benzene rings is 2. The fourth-order valence-corrected chi connectivity index (χ4v) is 3.79. The summed E-state index contributed by atoms with van der Waals surface area (Å²) in [6.07, 6.45) is 0. The summed E-state index contributed by atoms with van der Waals surface area (Å²) in [5.74, 6) is -0.422. The first-order valence-corrected chi connectivity index (χ1v) is 8.29. The first kappa shape index (κ1) is 17.8. The van der Waals surface area contributed by atoms with Crippen LogP contribution in [0.15, 0.2) is 46.9 Å². The van der Waals surface area contributed by atoms with Crippen LogP contribution in [0.4, 0.5) is 9.52 Å². The van der Waals surface area contributed by atoms with Crippen molar-refractivity contribution in [2.24, 2.45) is 0 Å². The second-order valence-corrected chi connectivity index (χ2v) is 6.74. The van der Waals surface area contributed by atoms with Gasteiger partial charge in [0.25, 0.3) is 0 Å². The molecule has 1 N–H and O–H groups in total. The summed E-state index contributed by atoms with van der Waals surface area (Å²) in [7, 11) is 0. The lowest BCUT2D eigenvalue weighted by molar-refractivity contribution is -0.644. The van der Waals surface area contributed by atoms with E-state index in [1.165, 1.54) is 18.3 Å². The number of hydrogen-bond donors (Lipinski definition) is 1. The molecule has 3 nitrogen and oxygen atoms in total. The lowest BCUT2D eigenvalue weighted by Crippen LogP contribution is -3.00. The maximum Gasteiger partial charge on any atom is 0.342 e. The van der Waals surface area contributed by atoms with Crippen LogP contribution in [-0.2, 0) is 11.3 Å². The molecule has 120 valence electrons. The number of fused-ring (bicyclic) bond motifs is 1. The molecule has 0 aliphatic heterocycles. The predicted molar refractivity (Wildman–Crippen MR) is 89.5 cm³/mol. The van der Waals surface area contributed by atoms with Crippen molar-refractivity contribution < 1.29 is 26.2 Å². The van der Waals surface area contributed by atoms with Crippen LogP contribution < -0.4 is 22.3 Å². The van der Waals surface area contributed by atoms with Crippen LogP contribution in [0.2, 0.25) is 0 Å². The Hall–Kier alpha value is -1.50. The van der Waals surface area contributed by atoms with Crippen molar-refractivity contribution in [1.29, 1.82) is 0 Å². The molecule has 0 unspecified atom stereocenters. The Morgan fingerprint density at radius 1 is 1.26 bits per heavy atom. The van der Waals surface area contributed by atoms with Crippen LogP contribution in [-0.4, -0.2) is 5.91 Å². The summed E-state index contributed by atoms with van der Waals surface area (Å²) in [6.45, 7) is 1.82. The van der Waals surface area contributed by atoms with E-state index in [0.29, 0.717) is 21.7 Å². The van der Waals surface area contributed by atoms with Crippen LogP contribution in [0.5, 0.6) is 0 Å². The fourth-order valence-electron chi connectivity index (χ4n) is 2.28. The van der Waals surface area contributed by atoms with Gasteiger partial charge in [0.2, 0.25) is 0 Å². The number of carbonyl (C=O) groups excluding carboxylic acids is 1. The number of nitrogens with one attached hydrogen (secondary N) is 1. The van der Waals surface area contributed by atoms with Gasteiger partial charge in [-0.05, 0) is 45.5 Å². The van der Waals surface area contributed by atoms with Crippen LogP contribution in [0.3, 0.4) is 0 Å². The fraction of sp³-hybridized carbons (Fsp3) is 0.125. The molecular weight excluding hydrogens is 403 g/mol. The van der Waals surface area contributed by atoms with Gasteiger partial charge in [0.15, 0.2) is 0 Å². The number of rotatable bonds is 3. The molecule has 1 amide bonds. The average Bonchev–Trinajstić information content (AvgIpc) is 2.81. The molecule has 0 saturated heterocycles. The first-order chi connectivity index (χ1) is 10.6. The molecule has 0 spiro atoms. The minimum Gasteiger partial charge on any atom is -1.00 e. The molecule has 0 radical (unpaired) electrons. The molecule has 2 aromatic carbocycles. The first-order valence-electron chi connectivity index (χ1n) is 6.68. The largest absolute Gasteiger partial charge is 1.00 e. The Morgan fingerprint density at radius 2 is 2.00 bits per heavy atom. The topological polar surface area (TPSA) is 33.0 Å². The van der Waals surface area contributed by atoms with Gasteiger partial charge in [0.05, 0.1) is 9.17 Å². The number of aromatic nitrogens is 1. The third kappa shape index (κ3) is 3.71. The zero-order chi connectivity index (χ0) is 15.7. The number of amides is 1. The maximum atomic E-state index is 14.2. The van der Waals surface area contributed by atoms with Gasteiger partial charge in [0, 0.05) is 12.5 Å². The molecule has 1 aromatic heterocycles. The molecule has 0 bridgehead atoms. The normalized spacial score (nSPS) is 10.4. The number of nitrogens with zero attached hydrogens (tertiary/aromatic N) is 1. The molecular formula is C16H13BrClFN2OS. The minimum absolute atomic E-state index is 0. The van der Waals surface area contributed by atoms with E-state index in [-0.39, 0.29) is 24.1 Å². The molecule has 3 aromatic rings. The van der Waals surface area contributed by atoms with Crippen molar-refractivity contribution in [2.45, 2.75) is 13.5 Å². The second kappa shape index (κ2) is 7.38. The summed E-state index contributed by atoms with van der Waals surface area (Å²) in [5, 5.41) is 3.53. The third-order valence-electron chi connectivity index (χ3n) is 3.25. The van der Waals surface area contributed by atoms with E-state index in [2.05, 4.69) is 21.2 Å². The Balaban J connectivity index is 0.00000192. The standard InChI is InChI=1S/C16H12BrFN2OS.ClH/c1-10(21)19-16-20(13-7-2-3-8-14(13)22-16)9-11-5-4-6-12(17)15(11)18;/h2-8H,9H2,1H3;1H. The SMILES string of the molecule is CC(=O)Nc1sc2ccccc2[n+]1Cc1cccc(Br)c1F.[Cl-]. The van der Waals surface area contributed by atoms with Gasteiger partial charge in [-0.15, -0.1) is 0 Å². The zero-order valence-corrected chi connectivity index (χ0v) is 15.3. The quantitative estimate of drug-likeness (QED) is 0.639. The number of hydrogen-bond acceptors (Lipinski definition) is 2. The van der Waals surface area contributed by atoms with Crippen LogP contribution >= 0.6 is 27.3 Å². The van der Waals surface area contributed by atoms with E-state index in [1.54, 1.807) is 18.2 Å². The monoisotopic (exact) mass is 414 g/mol. The molecule has 3 rings (SSSR count). The van der Waals surface area contributed by atoms with E-state index >= 15 is 0 Å². The molecule has 0 aliphatic rings. The van der Waals surface area contributed by atoms with E-state index in [1.807, 2.05) is 28.8 Å². The van der Waals surface area contributed by atoms with Crippen molar-refractivity contribution >= 4 is 48.5 Å². The van der Waals surface area contributed by atoms with Crippen molar-refractivity contribution in [2.75, 3.05) is 5.32 Å². The van der Waals surface area contributed by atoms with Gasteiger partial charge < -0.3 is 12.4 Å². The van der Waals surface area contributed by atoms with E-state index in [9.17, 15) is 9.18 Å². The van der Waals surface area contributed by atoms with Crippen molar-refractivity contribution in [1.82, 2.24) is 0 Å². The molecule has 0 saturated carbocycles. The van der Waals surface area contributed by atoms with E-state index in [0.717, 1.165) is 10.2 Å². The Bertz CT molecular complexity index is 868. The highest BCUT2D eigenvalue weighted by Crippen LogP contribution is 2.25. The molecule has 1 heterocycles. The highest BCUT2D eigenvalue weighted by atomic mass is 79.9. The zero-order valence-electron chi connectivity index (χ0n) is 12.1. The molecule has 0 aliphatic carbocycles. The lowest BCUT2D eigenvalue weighted by atomic mass is 10.2. The lowest BCUT2D eigenvalue weighted by Gasteiger charge is -2.05.